The van der Waals surface area contributed by atoms with E-state index in [9.17, 15) is 0 Å². The molecule has 1 aromatic heterocycles. The van der Waals surface area contributed by atoms with Gasteiger partial charge in [-0.25, -0.2) is 9.97 Å². The summed E-state index contributed by atoms with van der Waals surface area (Å²) in [5, 5.41) is 0. The molecule has 0 bridgehead atoms. The molecule has 0 aliphatic carbocycles. The summed E-state index contributed by atoms with van der Waals surface area (Å²) < 4.78 is 0. The van der Waals surface area contributed by atoms with Gasteiger partial charge in [-0.2, -0.15) is 0 Å². The number of aromatic nitrogens is 2. The first kappa shape index (κ1) is 27.2. The van der Waals surface area contributed by atoms with E-state index < -0.39 is 0 Å². The van der Waals surface area contributed by atoms with Crippen LogP contribution in [0.15, 0.2) is 116 Å². The number of aryl methyl sites for hydroxylation is 2. The third kappa shape index (κ3) is 3.89. The standard InChI is InChI=1S/C39H38N4/c1-7-25-39(6)31-23-15-16-24-32(31)43-36-35(42(37(43)38(39,4)5)28-19-9-8-10-20-28)40-33(29-21-13-11-17-26(29)2)34(41-36)30-22-14-12-18-27(30)3/h7-24,37H,1,25H2,2-6H3. The maximum Gasteiger partial charge on any atom is 0.179 e. The fourth-order valence-corrected chi connectivity index (χ4v) is 7.33. The lowest BCUT2D eigenvalue weighted by molar-refractivity contribution is 0.131. The van der Waals surface area contributed by atoms with Crippen LogP contribution < -0.4 is 9.80 Å². The van der Waals surface area contributed by atoms with Gasteiger partial charge in [0.15, 0.2) is 11.6 Å². The summed E-state index contributed by atoms with van der Waals surface area (Å²) in [5.74, 6) is 1.78. The largest absolute Gasteiger partial charge is 0.301 e. The van der Waals surface area contributed by atoms with Crippen LogP contribution in [-0.2, 0) is 5.41 Å². The van der Waals surface area contributed by atoms with E-state index in [1.54, 1.807) is 0 Å². The van der Waals surface area contributed by atoms with Crippen molar-refractivity contribution in [1.29, 1.82) is 0 Å². The summed E-state index contributed by atoms with van der Waals surface area (Å²) in [5.41, 5.74) is 9.61. The second kappa shape index (κ2) is 9.95. The van der Waals surface area contributed by atoms with Gasteiger partial charge >= 0.3 is 0 Å². The Morgan fingerprint density at radius 3 is 1.77 bits per heavy atom. The first-order valence-electron chi connectivity index (χ1n) is 15.2. The fraction of sp³-hybridized carbons (Fsp3) is 0.231. The molecule has 0 amide bonds. The summed E-state index contributed by atoms with van der Waals surface area (Å²) in [4.78, 5) is 16.1. The molecular formula is C39H38N4. The fourth-order valence-electron chi connectivity index (χ4n) is 7.33. The molecule has 2 atom stereocenters. The number of rotatable bonds is 5. The van der Waals surface area contributed by atoms with E-state index in [1.807, 2.05) is 0 Å². The van der Waals surface area contributed by atoms with Gasteiger partial charge in [0, 0.05) is 33.3 Å². The van der Waals surface area contributed by atoms with Crippen molar-refractivity contribution in [3.63, 3.8) is 0 Å². The van der Waals surface area contributed by atoms with E-state index in [-0.39, 0.29) is 17.0 Å². The van der Waals surface area contributed by atoms with Crippen LogP contribution in [0.5, 0.6) is 0 Å². The smallest absolute Gasteiger partial charge is 0.179 e. The average Bonchev–Trinajstić information content (AvgIpc) is 3.36. The summed E-state index contributed by atoms with van der Waals surface area (Å²) in [6.07, 6.45) is 2.89. The lowest BCUT2D eigenvalue weighted by atomic mass is 9.57. The predicted octanol–water partition coefficient (Wildman–Crippen LogP) is 9.92. The third-order valence-electron chi connectivity index (χ3n) is 10.0. The first-order valence-corrected chi connectivity index (χ1v) is 15.2. The van der Waals surface area contributed by atoms with Gasteiger partial charge in [0.1, 0.15) is 6.17 Å². The molecule has 3 heterocycles. The van der Waals surface area contributed by atoms with Gasteiger partial charge in [-0.05, 0) is 55.2 Å². The molecule has 0 fully saturated rings. The number of benzene rings is 4. The molecule has 2 unspecified atom stereocenters. The summed E-state index contributed by atoms with van der Waals surface area (Å²) in [6.45, 7) is 15.7. The number of hydrogen-bond donors (Lipinski definition) is 0. The Morgan fingerprint density at radius 2 is 1.19 bits per heavy atom. The summed E-state index contributed by atoms with van der Waals surface area (Å²) >= 11 is 0. The zero-order chi connectivity index (χ0) is 29.9. The average molecular weight is 563 g/mol. The molecule has 7 rings (SSSR count). The lowest BCUT2D eigenvalue weighted by Crippen LogP contribution is -2.61. The molecule has 0 spiro atoms. The number of hydrogen-bond acceptors (Lipinski definition) is 4. The van der Waals surface area contributed by atoms with E-state index in [0.717, 1.165) is 46.3 Å². The van der Waals surface area contributed by atoms with E-state index in [1.165, 1.54) is 22.4 Å². The number of anilines is 4. The Kier molecular flexibility index (Phi) is 6.28. The van der Waals surface area contributed by atoms with Crippen molar-refractivity contribution < 1.29 is 0 Å². The van der Waals surface area contributed by atoms with Gasteiger partial charge in [0.2, 0.25) is 0 Å². The highest BCUT2D eigenvalue weighted by Crippen LogP contribution is 2.63. The number of allylic oxidation sites excluding steroid dienone is 1. The summed E-state index contributed by atoms with van der Waals surface area (Å²) in [7, 11) is 0. The highest BCUT2D eigenvalue weighted by atomic mass is 15.5. The van der Waals surface area contributed by atoms with Crippen molar-refractivity contribution in [3.8, 4) is 22.5 Å². The molecule has 214 valence electrons. The van der Waals surface area contributed by atoms with Gasteiger partial charge in [0.05, 0.1) is 11.4 Å². The van der Waals surface area contributed by atoms with Crippen molar-refractivity contribution in [1.82, 2.24) is 9.97 Å². The molecule has 2 aliphatic heterocycles. The zero-order valence-corrected chi connectivity index (χ0v) is 25.7. The Hall–Kier alpha value is -4.70. The molecule has 0 saturated carbocycles. The minimum atomic E-state index is -0.223. The molecule has 4 heteroatoms. The van der Waals surface area contributed by atoms with Gasteiger partial charge in [-0.15, -0.1) is 6.58 Å². The van der Waals surface area contributed by atoms with Crippen molar-refractivity contribution in [3.05, 3.63) is 132 Å². The SMILES string of the molecule is C=CCC1(C)c2ccccc2N2c3nc(-c4ccccc4C)c(-c4ccccc4C)nc3N(c3ccccc3)C2C1(C)C. The van der Waals surface area contributed by atoms with Crippen LogP contribution in [0.4, 0.5) is 23.0 Å². The molecule has 0 radical (unpaired) electrons. The molecule has 4 aromatic carbocycles. The van der Waals surface area contributed by atoms with Gasteiger partial charge < -0.3 is 9.80 Å². The summed E-state index contributed by atoms with van der Waals surface area (Å²) in [6, 6.07) is 36.6. The second-order valence-corrected chi connectivity index (χ2v) is 12.7. The van der Waals surface area contributed by atoms with E-state index in [0.29, 0.717) is 0 Å². The number of fused-ring (bicyclic) bond motifs is 5. The zero-order valence-electron chi connectivity index (χ0n) is 25.7. The number of nitrogens with zero attached hydrogens (tertiary/aromatic N) is 4. The third-order valence-corrected chi connectivity index (χ3v) is 10.0. The van der Waals surface area contributed by atoms with Crippen LogP contribution in [0.1, 0.15) is 43.9 Å². The molecule has 0 saturated heterocycles. The van der Waals surface area contributed by atoms with Gasteiger partial charge in [0.25, 0.3) is 0 Å². The van der Waals surface area contributed by atoms with Crippen molar-refractivity contribution >= 4 is 23.0 Å². The van der Waals surface area contributed by atoms with Crippen LogP contribution in [0.2, 0.25) is 0 Å². The lowest BCUT2D eigenvalue weighted by Gasteiger charge is -2.57. The normalized spacial score (nSPS) is 19.9. The predicted molar refractivity (Wildman–Crippen MR) is 179 cm³/mol. The van der Waals surface area contributed by atoms with Crippen LogP contribution in [0.3, 0.4) is 0 Å². The molecular weight excluding hydrogens is 524 g/mol. The highest BCUT2D eigenvalue weighted by molar-refractivity contribution is 5.92. The van der Waals surface area contributed by atoms with Crippen LogP contribution >= 0.6 is 0 Å². The topological polar surface area (TPSA) is 32.3 Å². The molecule has 43 heavy (non-hydrogen) atoms. The van der Waals surface area contributed by atoms with Crippen LogP contribution in [0.25, 0.3) is 22.5 Å². The van der Waals surface area contributed by atoms with E-state index in [2.05, 4.69) is 160 Å². The minimum Gasteiger partial charge on any atom is -0.301 e. The highest BCUT2D eigenvalue weighted by Gasteiger charge is 2.60. The maximum absolute atomic E-state index is 5.62. The monoisotopic (exact) mass is 562 g/mol. The Labute approximate surface area is 255 Å². The second-order valence-electron chi connectivity index (χ2n) is 12.7. The Balaban J connectivity index is 1.60. The van der Waals surface area contributed by atoms with Gasteiger partial charge in [-0.3, -0.25) is 0 Å². The maximum atomic E-state index is 5.62. The van der Waals surface area contributed by atoms with Crippen LogP contribution in [-0.4, -0.2) is 16.1 Å². The Morgan fingerprint density at radius 1 is 0.674 bits per heavy atom. The Bertz CT molecular complexity index is 1860. The first-order chi connectivity index (χ1) is 20.8. The van der Waals surface area contributed by atoms with Crippen molar-refractivity contribution in [2.24, 2.45) is 5.41 Å². The van der Waals surface area contributed by atoms with Gasteiger partial charge in [-0.1, -0.05) is 112 Å². The van der Waals surface area contributed by atoms with Crippen LogP contribution in [0, 0.1) is 19.3 Å². The van der Waals surface area contributed by atoms with Crippen molar-refractivity contribution in [2.75, 3.05) is 9.80 Å². The molecule has 5 aromatic rings. The minimum absolute atomic E-state index is 0.0541. The quantitative estimate of drug-likeness (QED) is 0.200. The van der Waals surface area contributed by atoms with E-state index >= 15 is 0 Å². The van der Waals surface area contributed by atoms with E-state index in [4.69, 9.17) is 9.97 Å². The molecule has 2 aliphatic rings. The number of para-hydroxylation sites is 2. The molecule has 4 nitrogen and oxygen atoms in total. The molecule has 0 N–H and O–H groups in total. The van der Waals surface area contributed by atoms with Crippen molar-refractivity contribution in [2.45, 2.75) is 52.6 Å².